The van der Waals surface area contributed by atoms with E-state index in [0.717, 1.165) is 43.2 Å². The lowest BCUT2D eigenvalue weighted by Gasteiger charge is -2.36. The molecule has 2 heterocycles. The van der Waals surface area contributed by atoms with Crippen LogP contribution in [0, 0.1) is 0 Å². The number of likely N-dealkylation sites (N-methyl/N-ethyl adjacent to an activating group) is 2. The fourth-order valence-corrected chi connectivity index (χ4v) is 2.68. The van der Waals surface area contributed by atoms with Crippen LogP contribution in [0.2, 0.25) is 5.02 Å². The maximum absolute atomic E-state index is 6.18. The predicted molar refractivity (Wildman–Crippen MR) is 77.7 cm³/mol. The molecule has 2 atom stereocenters. The molecule has 2 unspecified atom stereocenters. The molecule has 0 radical (unpaired) electrons. The summed E-state index contributed by atoms with van der Waals surface area (Å²) in [4.78, 5) is 6.45. The zero-order valence-corrected chi connectivity index (χ0v) is 12.4. The summed E-state index contributed by atoms with van der Waals surface area (Å²) in [6.07, 6.45) is 4.56. The molecule has 106 valence electrons. The molecule has 1 aromatic heterocycles. The molecule has 1 aromatic rings. The molecule has 1 saturated heterocycles. The van der Waals surface area contributed by atoms with Crippen LogP contribution in [0.4, 0.5) is 0 Å². The first-order chi connectivity index (χ1) is 9.24. The van der Waals surface area contributed by atoms with E-state index in [1.54, 1.807) is 12.4 Å². The van der Waals surface area contributed by atoms with E-state index in [4.69, 9.17) is 16.3 Å². The minimum absolute atomic E-state index is 0.211. The van der Waals surface area contributed by atoms with E-state index in [1.165, 1.54) is 0 Å². The van der Waals surface area contributed by atoms with Gasteiger partial charge in [-0.05, 0) is 31.6 Å². The van der Waals surface area contributed by atoms with E-state index in [2.05, 4.69) is 22.1 Å². The number of ether oxygens (including phenoxy) is 1. The Morgan fingerprint density at radius 3 is 3.16 bits per heavy atom. The lowest BCUT2D eigenvalue weighted by molar-refractivity contribution is -0.0436. The van der Waals surface area contributed by atoms with E-state index in [9.17, 15) is 0 Å². The van der Waals surface area contributed by atoms with Gasteiger partial charge in [-0.2, -0.15) is 0 Å². The summed E-state index contributed by atoms with van der Waals surface area (Å²) >= 11 is 6.18. The van der Waals surface area contributed by atoms with Gasteiger partial charge in [-0.25, -0.2) is 0 Å². The number of hydrogen-bond donors (Lipinski definition) is 1. The Morgan fingerprint density at radius 2 is 2.47 bits per heavy atom. The second kappa shape index (κ2) is 7.20. The third-order valence-electron chi connectivity index (χ3n) is 3.74. The van der Waals surface area contributed by atoms with Gasteiger partial charge >= 0.3 is 0 Å². The molecule has 0 aromatic carbocycles. The van der Waals surface area contributed by atoms with Gasteiger partial charge in [0.1, 0.15) is 0 Å². The van der Waals surface area contributed by atoms with Crippen LogP contribution in [0.3, 0.4) is 0 Å². The highest BCUT2D eigenvalue weighted by molar-refractivity contribution is 6.31. The SMILES string of the molecule is CCN1CCOC(C(Cc2ccncc2Cl)NC)C1. The molecule has 0 bridgehead atoms. The van der Waals surface area contributed by atoms with Crippen molar-refractivity contribution in [1.82, 2.24) is 15.2 Å². The van der Waals surface area contributed by atoms with Crippen molar-refractivity contribution in [3.05, 3.63) is 29.0 Å². The Balaban J connectivity index is 2.01. The van der Waals surface area contributed by atoms with E-state index < -0.39 is 0 Å². The van der Waals surface area contributed by atoms with Gasteiger partial charge in [-0.1, -0.05) is 18.5 Å². The van der Waals surface area contributed by atoms with Gasteiger partial charge in [-0.15, -0.1) is 0 Å². The first-order valence-electron chi connectivity index (χ1n) is 6.84. The third-order valence-corrected chi connectivity index (χ3v) is 4.08. The normalized spacial score (nSPS) is 22.4. The molecule has 5 heteroatoms. The third kappa shape index (κ3) is 3.89. The summed E-state index contributed by atoms with van der Waals surface area (Å²) in [5, 5.41) is 4.09. The van der Waals surface area contributed by atoms with Crippen LogP contribution in [0.15, 0.2) is 18.5 Å². The number of morpholine rings is 1. The summed E-state index contributed by atoms with van der Waals surface area (Å²) in [6.45, 7) is 6.08. The Kier molecular flexibility index (Phi) is 5.58. The standard InChI is InChI=1S/C14H22ClN3O/c1-3-18-6-7-19-14(10-18)13(16-2)8-11-4-5-17-9-12(11)15/h4-5,9,13-14,16H,3,6-8,10H2,1-2H3. The molecule has 4 nitrogen and oxygen atoms in total. The van der Waals surface area contributed by atoms with Crippen molar-refractivity contribution in [3.63, 3.8) is 0 Å². The summed E-state index contributed by atoms with van der Waals surface area (Å²) in [7, 11) is 1.98. The molecule has 0 amide bonds. The largest absolute Gasteiger partial charge is 0.374 e. The maximum Gasteiger partial charge on any atom is 0.0858 e. The molecule has 1 aliphatic heterocycles. The molecule has 1 aliphatic rings. The minimum atomic E-state index is 0.211. The van der Waals surface area contributed by atoms with Gasteiger partial charge in [-0.3, -0.25) is 9.88 Å². The van der Waals surface area contributed by atoms with Crippen LogP contribution in [0.25, 0.3) is 0 Å². The Labute approximate surface area is 120 Å². The van der Waals surface area contributed by atoms with Crippen molar-refractivity contribution >= 4 is 11.6 Å². The fourth-order valence-electron chi connectivity index (χ4n) is 2.49. The average molecular weight is 284 g/mol. The number of aromatic nitrogens is 1. The quantitative estimate of drug-likeness (QED) is 0.890. The lowest BCUT2D eigenvalue weighted by Crippen LogP contribution is -2.52. The van der Waals surface area contributed by atoms with Crippen LogP contribution in [-0.4, -0.2) is 55.3 Å². The molecule has 2 rings (SSSR count). The molecular weight excluding hydrogens is 262 g/mol. The molecule has 0 aliphatic carbocycles. The maximum atomic E-state index is 6.18. The number of halogens is 1. The first-order valence-corrected chi connectivity index (χ1v) is 7.22. The highest BCUT2D eigenvalue weighted by Crippen LogP contribution is 2.18. The second-order valence-electron chi connectivity index (χ2n) is 4.87. The highest BCUT2D eigenvalue weighted by atomic mass is 35.5. The van der Waals surface area contributed by atoms with Crippen molar-refractivity contribution in [2.45, 2.75) is 25.5 Å². The zero-order chi connectivity index (χ0) is 13.7. The first kappa shape index (κ1) is 14.7. The zero-order valence-electron chi connectivity index (χ0n) is 11.6. The van der Waals surface area contributed by atoms with Crippen LogP contribution >= 0.6 is 11.6 Å². The van der Waals surface area contributed by atoms with Gasteiger partial charge in [0.05, 0.1) is 17.7 Å². The van der Waals surface area contributed by atoms with Crippen molar-refractivity contribution in [1.29, 1.82) is 0 Å². The van der Waals surface area contributed by atoms with Crippen LogP contribution in [-0.2, 0) is 11.2 Å². The Bertz CT molecular complexity index is 402. The van der Waals surface area contributed by atoms with Crippen LogP contribution in [0.1, 0.15) is 12.5 Å². The van der Waals surface area contributed by atoms with E-state index >= 15 is 0 Å². The highest BCUT2D eigenvalue weighted by Gasteiger charge is 2.27. The second-order valence-corrected chi connectivity index (χ2v) is 5.28. The van der Waals surface area contributed by atoms with Gasteiger partial charge < -0.3 is 10.1 Å². The smallest absolute Gasteiger partial charge is 0.0858 e. The van der Waals surface area contributed by atoms with Crippen LogP contribution < -0.4 is 5.32 Å². The van der Waals surface area contributed by atoms with Gasteiger partial charge in [0.2, 0.25) is 0 Å². The van der Waals surface area contributed by atoms with Gasteiger partial charge in [0.25, 0.3) is 0 Å². The van der Waals surface area contributed by atoms with Crippen molar-refractivity contribution in [2.75, 3.05) is 33.3 Å². The van der Waals surface area contributed by atoms with Gasteiger partial charge in [0.15, 0.2) is 0 Å². The molecule has 0 spiro atoms. The number of hydrogen-bond acceptors (Lipinski definition) is 4. The molecule has 0 saturated carbocycles. The number of nitrogens with zero attached hydrogens (tertiary/aromatic N) is 2. The number of rotatable bonds is 5. The fraction of sp³-hybridized carbons (Fsp3) is 0.643. The number of pyridine rings is 1. The molecule has 19 heavy (non-hydrogen) atoms. The average Bonchev–Trinajstić information content (AvgIpc) is 2.46. The number of nitrogens with one attached hydrogen (secondary N) is 1. The van der Waals surface area contributed by atoms with E-state index in [1.807, 2.05) is 13.1 Å². The summed E-state index contributed by atoms with van der Waals surface area (Å²) in [5.74, 6) is 0. The minimum Gasteiger partial charge on any atom is -0.374 e. The van der Waals surface area contributed by atoms with Crippen molar-refractivity contribution in [2.24, 2.45) is 0 Å². The molecular formula is C14H22ClN3O. The summed E-state index contributed by atoms with van der Waals surface area (Å²) < 4.78 is 5.91. The summed E-state index contributed by atoms with van der Waals surface area (Å²) in [6, 6.07) is 2.25. The van der Waals surface area contributed by atoms with Gasteiger partial charge in [0, 0.05) is 31.5 Å². The van der Waals surface area contributed by atoms with Crippen molar-refractivity contribution in [3.8, 4) is 0 Å². The Hall–Kier alpha value is -0.680. The predicted octanol–water partition coefficient (Wildman–Crippen LogP) is 1.59. The Morgan fingerprint density at radius 1 is 1.63 bits per heavy atom. The topological polar surface area (TPSA) is 37.4 Å². The molecule has 1 N–H and O–H groups in total. The summed E-state index contributed by atoms with van der Waals surface area (Å²) in [5.41, 5.74) is 1.12. The van der Waals surface area contributed by atoms with E-state index in [0.29, 0.717) is 0 Å². The van der Waals surface area contributed by atoms with Crippen molar-refractivity contribution < 1.29 is 4.74 Å². The van der Waals surface area contributed by atoms with E-state index in [-0.39, 0.29) is 12.1 Å². The monoisotopic (exact) mass is 283 g/mol. The molecule has 1 fully saturated rings. The van der Waals surface area contributed by atoms with Crippen LogP contribution in [0.5, 0.6) is 0 Å². The lowest BCUT2D eigenvalue weighted by atomic mass is 10.0.